The van der Waals surface area contributed by atoms with Crippen LogP contribution in [0.25, 0.3) is 0 Å². The molecule has 0 spiro atoms. The maximum Gasteiger partial charge on any atom is 0.138 e. The Morgan fingerprint density at radius 3 is 2.38 bits per heavy atom. The average molecular weight is 436 g/mol. The second-order valence-electron chi connectivity index (χ2n) is 5.81. The van der Waals surface area contributed by atoms with Gasteiger partial charge in [-0.25, -0.2) is 9.97 Å². The molecule has 0 fully saturated rings. The molecule has 6 heteroatoms. The van der Waals surface area contributed by atoms with Crippen LogP contribution >= 0.6 is 45.8 Å². The molecule has 0 aliphatic rings. The van der Waals surface area contributed by atoms with E-state index in [2.05, 4.69) is 58.6 Å². The van der Waals surface area contributed by atoms with E-state index in [1.807, 2.05) is 25.1 Å². The number of nitrogens with one attached hydrogen (secondary N) is 1. The Morgan fingerprint density at radius 1 is 1.14 bits per heavy atom. The first kappa shape index (κ1) is 16.8. The quantitative estimate of drug-likeness (QED) is 0.482. The molecule has 3 nitrogen and oxygen atoms in total. The molecular weight excluding hydrogens is 420 g/mol. The smallest absolute Gasteiger partial charge is 0.138 e. The Bertz CT molecular complexity index is 681. The number of hydrogen-bond acceptors (Lipinski definition) is 3. The Hall–Kier alpha value is -0.590. The number of benzene rings is 1. The molecule has 1 aromatic carbocycles. The second kappa shape index (κ2) is 6.26. The van der Waals surface area contributed by atoms with E-state index < -0.39 is 0 Å². The third-order valence-corrected chi connectivity index (χ3v) is 4.29. The van der Waals surface area contributed by atoms with Gasteiger partial charge in [-0.05, 0) is 47.7 Å². The second-order valence-corrected chi connectivity index (χ2v) is 7.82. The van der Waals surface area contributed by atoms with Crippen molar-refractivity contribution in [3.8, 4) is 0 Å². The Morgan fingerprint density at radius 2 is 1.81 bits per heavy atom. The summed E-state index contributed by atoms with van der Waals surface area (Å²) in [6.45, 7) is 8.04. The number of aromatic nitrogens is 2. The molecule has 0 amide bonds. The van der Waals surface area contributed by atoms with Gasteiger partial charge >= 0.3 is 0 Å². The van der Waals surface area contributed by atoms with Crippen molar-refractivity contribution in [2.45, 2.75) is 33.1 Å². The maximum absolute atomic E-state index is 6.26. The topological polar surface area (TPSA) is 37.8 Å². The zero-order chi connectivity index (χ0) is 15.8. The lowest BCUT2D eigenvalue weighted by atomic mass is 9.95. The van der Waals surface area contributed by atoms with Gasteiger partial charge in [0.15, 0.2) is 0 Å². The highest BCUT2D eigenvalue weighted by atomic mass is 127. The normalized spacial score (nSPS) is 11.6. The monoisotopic (exact) mass is 435 g/mol. The lowest BCUT2D eigenvalue weighted by Crippen LogP contribution is -2.17. The fourth-order valence-corrected chi connectivity index (χ4v) is 2.74. The molecule has 1 heterocycles. The number of rotatable bonds is 2. The summed E-state index contributed by atoms with van der Waals surface area (Å²) in [7, 11) is 0. The fourth-order valence-electron chi connectivity index (χ4n) is 1.66. The van der Waals surface area contributed by atoms with Gasteiger partial charge in [0.2, 0.25) is 0 Å². The van der Waals surface area contributed by atoms with Crippen LogP contribution in [0, 0.1) is 10.5 Å². The van der Waals surface area contributed by atoms with E-state index in [-0.39, 0.29) is 5.41 Å². The first-order chi connectivity index (χ1) is 9.68. The van der Waals surface area contributed by atoms with Crippen molar-refractivity contribution in [1.82, 2.24) is 9.97 Å². The molecule has 0 bridgehead atoms. The Kier molecular flexibility index (Phi) is 5.00. The summed E-state index contributed by atoms with van der Waals surface area (Å²) in [4.78, 5) is 8.96. The van der Waals surface area contributed by atoms with E-state index in [0.29, 0.717) is 21.8 Å². The van der Waals surface area contributed by atoms with Crippen LogP contribution < -0.4 is 5.32 Å². The zero-order valence-electron chi connectivity index (χ0n) is 12.3. The lowest BCUT2D eigenvalue weighted by Gasteiger charge is -2.19. The summed E-state index contributed by atoms with van der Waals surface area (Å²) in [5.41, 5.74) is 1.43. The van der Waals surface area contributed by atoms with E-state index in [1.54, 1.807) is 0 Å². The summed E-state index contributed by atoms with van der Waals surface area (Å²) < 4.78 is 1.08. The Balaban J connectivity index is 2.46. The number of nitrogens with zero attached hydrogens (tertiary/aromatic N) is 2. The summed E-state index contributed by atoms with van der Waals surface area (Å²) in [6, 6.07) is 5.81. The number of anilines is 2. The van der Waals surface area contributed by atoms with Gasteiger partial charge in [0, 0.05) is 14.5 Å². The SMILES string of the molecule is Cc1c(Cl)nc(C(C)(C)C)nc1Nc1ccc(I)cc1Cl. The van der Waals surface area contributed by atoms with Crippen molar-refractivity contribution in [3.63, 3.8) is 0 Å². The minimum Gasteiger partial charge on any atom is -0.339 e. The molecule has 2 aromatic rings. The molecule has 0 atom stereocenters. The minimum absolute atomic E-state index is 0.177. The minimum atomic E-state index is -0.177. The summed E-state index contributed by atoms with van der Waals surface area (Å²) in [6.07, 6.45) is 0. The molecule has 0 unspecified atom stereocenters. The molecule has 1 aromatic heterocycles. The summed E-state index contributed by atoms with van der Waals surface area (Å²) >= 11 is 14.7. The van der Waals surface area contributed by atoms with E-state index in [0.717, 1.165) is 14.8 Å². The Labute approximate surface area is 148 Å². The highest BCUT2D eigenvalue weighted by molar-refractivity contribution is 14.1. The van der Waals surface area contributed by atoms with Crippen LogP contribution in [0.2, 0.25) is 10.2 Å². The first-order valence-corrected chi connectivity index (χ1v) is 8.28. The van der Waals surface area contributed by atoms with Crippen molar-refractivity contribution < 1.29 is 0 Å². The summed E-state index contributed by atoms with van der Waals surface area (Å²) in [5.74, 6) is 1.38. The largest absolute Gasteiger partial charge is 0.339 e. The van der Waals surface area contributed by atoms with Crippen LogP contribution in [0.4, 0.5) is 11.5 Å². The van der Waals surface area contributed by atoms with Crippen LogP contribution in [0.3, 0.4) is 0 Å². The third kappa shape index (κ3) is 3.99. The molecule has 0 saturated carbocycles. The van der Waals surface area contributed by atoms with Gasteiger partial charge in [-0.3, -0.25) is 0 Å². The molecule has 0 aliphatic carbocycles. The van der Waals surface area contributed by atoms with Gasteiger partial charge < -0.3 is 5.32 Å². The van der Waals surface area contributed by atoms with Gasteiger partial charge in [0.1, 0.15) is 16.8 Å². The molecule has 21 heavy (non-hydrogen) atoms. The molecule has 1 N–H and O–H groups in total. The third-order valence-electron chi connectivity index (χ3n) is 2.94. The molecule has 0 aliphatic heterocycles. The van der Waals surface area contributed by atoms with Gasteiger partial charge in [-0.2, -0.15) is 0 Å². The van der Waals surface area contributed by atoms with E-state index in [9.17, 15) is 0 Å². The van der Waals surface area contributed by atoms with Crippen LogP contribution in [0.5, 0.6) is 0 Å². The van der Waals surface area contributed by atoms with E-state index >= 15 is 0 Å². The predicted octanol–water partition coefficient (Wildman–Crippen LogP) is 5.74. The standard InChI is InChI=1S/C15H16Cl2IN3/c1-8-12(17)20-14(15(2,3)4)21-13(8)19-11-6-5-9(18)7-10(11)16/h5-7H,1-4H3,(H,19,20,21). The van der Waals surface area contributed by atoms with Crippen molar-refractivity contribution in [2.75, 3.05) is 5.32 Å². The predicted molar refractivity (Wildman–Crippen MR) is 97.9 cm³/mol. The van der Waals surface area contributed by atoms with Crippen LogP contribution in [-0.2, 0) is 5.41 Å². The lowest BCUT2D eigenvalue weighted by molar-refractivity contribution is 0.545. The fraction of sp³-hybridized carbons (Fsp3) is 0.333. The van der Waals surface area contributed by atoms with Gasteiger partial charge in [0.25, 0.3) is 0 Å². The number of hydrogen-bond donors (Lipinski definition) is 1. The van der Waals surface area contributed by atoms with Crippen molar-refractivity contribution in [1.29, 1.82) is 0 Å². The highest BCUT2D eigenvalue weighted by Gasteiger charge is 2.21. The molecule has 0 radical (unpaired) electrons. The van der Waals surface area contributed by atoms with Crippen LogP contribution in [-0.4, -0.2) is 9.97 Å². The van der Waals surface area contributed by atoms with Gasteiger partial charge in [0.05, 0.1) is 10.7 Å². The van der Waals surface area contributed by atoms with Crippen molar-refractivity contribution >= 4 is 57.3 Å². The van der Waals surface area contributed by atoms with Gasteiger partial charge in [-0.15, -0.1) is 0 Å². The summed E-state index contributed by atoms with van der Waals surface area (Å²) in [5, 5.41) is 4.35. The van der Waals surface area contributed by atoms with Gasteiger partial charge in [-0.1, -0.05) is 44.0 Å². The molecule has 112 valence electrons. The molecular formula is C15H16Cl2IN3. The zero-order valence-corrected chi connectivity index (χ0v) is 15.9. The first-order valence-electron chi connectivity index (χ1n) is 6.45. The maximum atomic E-state index is 6.26. The molecule has 2 rings (SSSR count). The van der Waals surface area contributed by atoms with Crippen molar-refractivity contribution in [3.05, 3.63) is 43.3 Å². The van der Waals surface area contributed by atoms with E-state index in [1.165, 1.54) is 0 Å². The van der Waals surface area contributed by atoms with E-state index in [4.69, 9.17) is 23.2 Å². The van der Waals surface area contributed by atoms with Crippen LogP contribution in [0.1, 0.15) is 32.2 Å². The van der Waals surface area contributed by atoms with Crippen LogP contribution in [0.15, 0.2) is 18.2 Å². The van der Waals surface area contributed by atoms with Crippen molar-refractivity contribution in [2.24, 2.45) is 0 Å². The number of halogens is 3. The average Bonchev–Trinajstić information content (AvgIpc) is 2.36. The highest BCUT2D eigenvalue weighted by Crippen LogP contribution is 2.31. The molecule has 0 saturated heterocycles.